The Morgan fingerprint density at radius 3 is 2.24 bits per heavy atom. The van der Waals surface area contributed by atoms with Crippen LogP contribution in [0.1, 0.15) is 22.6 Å². The molecule has 9 heteroatoms. The van der Waals surface area contributed by atoms with Crippen LogP contribution < -0.4 is 18.9 Å². The number of Topliss-reactive ketones (excluding diaryl/α,β-unsaturated/α-hetero) is 1. The molecule has 1 saturated carbocycles. The first kappa shape index (κ1) is 24.6. The summed E-state index contributed by atoms with van der Waals surface area (Å²) in [6, 6.07) is 15.1. The van der Waals surface area contributed by atoms with E-state index in [2.05, 4.69) is 0 Å². The Hall–Kier alpha value is -4.11. The van der Waals surface area contributed by atoms with E-state index in [1.807, 2.05) is 0 Å². The first-order valence-corrected chi connectivity index (χ1v) is 11.5. The number of fused-ring (bicyclic) bond motifs is 3. The van der Waals surface area contributed by atoms with Crippen LogP contribution in [0.2, 0.25) is 0 Å². The highest BCUT2D eigenvalue weighted by Gasteiger charge is 2.78. The van der Waals surface area contributed by atoms with E-state index in [1.165, 1.54) is 51.7 Å². The second-order valence-corrected chi connectivity index (χ2v) is 8.88. The quantitative estimate of drug-likeness (QED) is 0.399. The lowest BCUT2D eigenvalue weighted by Gasteiger charge is -2.39. The standard InChI is InChI=1S/C28H25FO8/c1-33-18-10-8-16(9-11-18)28-23(15-6-5-7-17(29)12-15)22(26(31)36-4)25(30)27(28,32)24-20(35-3)13-19(34-2)14-21(24)37-28/h5-14,22-23,32H,1-4H3/t22-,23-,27+,28+/m1/s1. The average Bonchev–Trinajstić information content (AvgIpc) is 3.30. The van der Waals surface area contributed by atoms with Gasteiger partial charge < -0.3 is 28.8 Å². The Labute approximate surface area is 212 Å². The van der Waals surface area contributed by atoms with Gasteiger partial charge in [-0.05, 0) is 29.8 Å². The van der Waals surface area contributed by atoms with E-state index in [4.69, 9.17) is 23.7 Å². The number of ketones is 1. The van der Waals surface area contributed by atoms with Gasteiger partial charge in [0.25, 0.3) is 0 Å². The average molecular weight is 508 g/mol. The fraction of sp³-hybridized carbons (Fsp3) is 0.286. The molecule has 3 aromatic carbocycles. The molecular formula is C28H25FO8. The molecule has 1 heterocycles. The van der Waals surface area contributed by atoms with Gasteiger partial charge in [0.2, 0.25) is 5.60 Å². The van der Waals surface area contributed by atoms with Crippen molar-refractivity contribution in [2.45, 2.75) is 17.1 Å². The third-order valence-corrected chi connectivity index (χ3v) is 7.26. The first-order chi connectivity index (χ1) is 17.8. The molecule has 2 aliphatic rings. The van der Waals surface area contributed by atoms with Crippen molar-refractivity contribution in [3.05, 3.63) is 83.2 Å². The van der Waals surface area contributed by atoms with Crippen LogP contribution >= 0.6 is 0 Å². The molecule has 192 valence electrons. The molecule has 0 unspecified atom stereocenters. The largest absolute Gasteiger partial charge is 0.497 e. The summed E-state index contributed by atoms with van der Waals surface area (Å²) in [7, 11) is 5.49. The summed E-state index contributed by atoms with van der Waals surface area (Å²) in [6.07, 6.45) is 0. The predicted molar refractivity (Wildman–Crippen MR) is 128 cm³/mol. The van der Waals surface area contributed by atoms with E-state index in [-0.39, 0.29) is 22.6 Å². The molecule has 1 aliphatic carbocycles. The van der Waals surface area contributed by atoms with Crippen LogP contribution in [0.25, 0.3) is 0 Å². The molecule has 1 aliphatic heterocycles. The normalized spacial score (nSPS) is 25.6. The van der Waals surface area contributed by atoms with Crippen LogP contribution in [-0.4, -0.2) is 45.3 Å². The van der Waals surface area contributed by atoms with Gasteiger partial charge in [-0.15, -0.1) is 0 Å². The lowest BCUT2D eigenvalue weighted by molar-refractivity contribution is -0.155. The van der Waals surface area contributed by atoms with Crippen LogP contribution in [0.5, 0.6) is 23.0 Å². The fourth-order valence-corrected chi connectivity index (χ4v) is 5.70. The highest BCUT2D eigenvalue weighted by molar-refractivity contribution is 6.10. The summed E-state index contributed by atoms with van der Waals surface area (Å²) in [6.45, 7) is 0. The van der Waals surface area contributed by atoms with E-state index in [0.717, 1.165) is 7.11 Å². The Balaban J connectivity index is 1.90. The molecule has 0 saturated heterocycles. The maximum Gasteiger partial charge on any atom is 0.317 e. The minimum Gasteiger partial charge on any atom is -0.497 e. The van der Waals surface area contributed by atoms with Gasteiger partial charge >= 0.3 is 5.97 Å². The van der Waals surface area contributed by atoms with Gasteiger partial charge in [0.15, 0.2) is 11.4 Å². The molecule has 8 nitrogen and oxygen atoms in total. The van der Waals surface area contributed by atoms with Gasteiger partial charge in [0.1, 0.15) is 34.7 Å². The third kappa shape index (κ3) is 3.23. The zero-order valence-corrected chi connectivity index (χ0v) is 20.6. The van der Waals surface area contributed by atoms with Crippen LogP contribution in [0, 0.1) is 11.7 Å². The molecule has 37 heavy (non-hydrogen) atoms. The van der Waals surface area contributed by atoms with Crippen molar-refractivity contribution in [3.8, 4) is 23.0 Å². The SMILES string of the molecule is COC(=O)[C@H]1C(=O)[C@@]2(O)c3c(OC)cc(OC)cc3O[C@@]2(c2ccc(OC)cc2)[C@@H]1c1cccc(F)c1. The number of carbonyl (C=O) groups is 2. The number of esters is 1. The van der Waals surface area contributed by atoms with Gasteiger partial charge in [-0.3, -0.25) is 9.59 Å². The molecule has 0 spiro atoms. The summed E-state index contributed by atoms with van der Waals surface area (Å²) in [5.41, 5.74) is -3.63. The van der Waals surface area contributed by atoms with Crippen molar-refractivity contribution in [3.63, 3.8) is 0 Å². The third-order valence-electron chi connectivity index (χ3n) is 7.26. The Morgan fingerprint density at radius 1 is 0.946 bits per heavy atom. The number of hydrogen-bond donors (Lipinski definition) is 1. The highest BCUT2D eigenvalue weighted by Crippen LogP contribution is 2.69. The van der Waals surface area contributed by atoms with Crippen molar-refractivity contribution in [1.82, 2.24) is 0 Å². The topological polar surface area (TPSA) is 101 Å². The molecule has 0 radical (unpaired) electrons. The number of rotatable bonds is 6. The van der Waals surface area contributed by atoms with Crippen molar-refractivity contribution >= 4 is 11.8 Å². The Kier molecular flexibility index (Phi) is 5.83. The lowest BCUT2D eigenvalue weighted by Crippen LogP contribution is -2.50. The van der Waals surface area contributed by atoms with Gasteiger partial charge in [0.05, 0.1) is 39.9 Å². The van der Waals surface area contributed by atoms with Gasteiger partial charge in [-0.1, -0.05) is 24.3 Å². The number of ether oxygens (including phenoxy) is 5. The van der Waals surface area contributed by atoms with E-state index in [0.29, 0.717) is 17.1 Å². The van der Waals surface area contributed by atoms with E-state index >= 15 is 0 Å². The smallest absolute Gasteiger partial charge is 0.317 e. The summed E-state index contributed by atoms with van der Waals surface area (Å²) in [4.78, 5) is 27.4. The maximum atomic E-state index is 14.5. The second-order valence-electron chi connectivity index (χ2n) is 8.88. The Morgan fingerprint density at radius 2 is 1.65 bits per heavy atom. The highest BCUT2D eigenvalue weighted by atomic mass is 19.1. The van der Waals surface area contributed by atoms with E-state index < -0.39 is 40.6 Å². The van der Waals surface area contributed by atoms with Crippen LogP contribution in [0.3, 0.4) is 0 Å². The number of halogens is 1. The number of methoxy groups -OCH3 is 4. The number of hydrogen-bond acceptors (Lipinski definition) is 8. The maximum absolute atomic E-state index is 14.5. The predicted octanol–water partition coefficient (Wildman–Crippen LogP) is 3.48. The number of benzene rings is 3. The molecule has 1 fully saturated rings. The van der Waals surface area contributed by atoms with E-state index in [9.17, 15) is 19.1 Å². The molecule has 0 amide bonds. The molecule has 1 N–H and O–H groups in total. The lowest BCUT2D eigenvalue weighted by atomic mass is 9.70. The summed E-state index contributed by atoms with van der Waals surface area (Å²) in [5.74, 6) is -3.86. The second kappa shape index (κ2) is 8.77. The fourth-order valence-electron chi connectivity index (χ4n) is 5.70. The Bertz CT molecular complexity index is 1390. The molecule has 3 aromatic rings. The monoisotopic (exact) mass is 508 g/mol. The zero-order valence-electron chi connectivity index (χ0n) is 20.6. The van der Waals surface area contributed by atoms with Gasteiger partial charge in [-0.25, -0.2) is 4.39 Å². The van der Waals surface area contributed by atoms with Gasteiger partial charge in [-0.2, -0.15) is 0 Å². The zero-order chi connectivity index (χ0) is 26.5. The molecule has 5 rings (SSSR count). The van der Waals surface area contributed by atoms with Crippen LogP contribution in [0.15, 0.2) is 60.7 Å². The number of aliphatic hydroxyl groups is 1. The first-order valence-electron chi connectivity index (χ1n) is 11.5. The molecule has 4 atom stereocenters. The molecule has 0 aromatic heterocycles. The minimum atomic E-state index is -2.41. The molecular weight excluding hydrogens is 483 g/mol. The summed E-state index contributed by atoms with van der Waals surface area (Å²) >= 11 is 0. The summed E-state index contributed by atoms with van der Waals surface area (Å²) in [5, 5.41) is 12.5. The van der Waals surface area contributed by atoms with Crippen molar-refractivity contribution < 1.29 is 42.8 Å². The minimum absolute atomic E-state index is 0.0458. The number of carbonyl (C=O) groups excluding carboxylic acids is 2. The van der Waals surface area contributed by atoms with Crippen LogP contribution in [0.4, 0.5) is 4.39 Å². The van der Waals surface area contributed by atoms with Crippen molar-refractivity contribution in [2.75, 3.05) is 28.4 Å². The summed E-state index contributed by atoms with van der Waals surface area (Å²) < 4.78 is 42.3. The van der Waals surface area contributed by atoms with Crippen molar-refractivity contribution in [1.29, 1.82) is 0 Å². The molecule has 0 bridgehead atoms. The van der Waals surface area contributed by atoms with E-state index in [1.54, 1.807) is 30.3 Å². The van der Waals surface area contributed by atoms with Crippen LogP contribution in [-0.2, 0) is 25.5 Å². The van der Waals surface area contributed by atoms with Gasteiger partial charge in [0, 0.05) is 17.7 Å². The van der Waals surface area contributed by atoms with Crippen molar-refractivity contribution in [2.24, 2.45) is 5.92 Å².